The topological polar surface area (TPSA) is 78.8 Å². The molecule has 0 saturated carbocycles. The van der Waals surface area contributed by atoms with E-state index in [9.17, 15) is 4.79 Å². The Kier molecular flexibility index (Phi) is 8.59. The van der Waals surface area contributed by atoms with Crippen LogP contribution in [-0.2, 0) is 9.53 Å². The van der Waals surface area contributed by atoms with E-state index in [1.807, 2.05) is 6.92 Å². The molecule has 2 unspecified atom stereocenters. The lowest BCUT2D eigenvalue weighted by atomic mass is 9.97. The van der Waals surface area contributed by atoms with Crippen molar-refractivity contribution in [3.63, 3.8) is 0 Å². The van der Waals surface area contributed by atoms with Gasteiger partial charge in [0.2, 0.25) is 0 Å². The molecule has 17 heavy (non-hydrogen) atoms. The third-order valence-corrected chi connectivity index (χ3v) is 3.87. The predicted molar refractivity (Wildman–Crippen MR) is 69.1 cm³/mol. The van der Waals surface area contributed by atoms with Crippen LogP contribution >= 0.6 is 11.8 Å². The van der Waals surface area contributed by atoms with Crippen LogP contribution < -0.4 is 5.32 Å². The van der Waals surface area contributed by atoms with E-state index >= 15 is 0 Å². The van der Waals surface area contributed by atoms with E-state index in [1.165, 1.54) is 7.11 Å². The molecule has 5 nitrogen and oxygen atoms in total. The van der Waals surface area contributed by atoms with E-state index in [2.05, 4.69) is 5.32 Å². The Morgan fingerprint density at radius 1 is 1.59 bits per heavy atom. The number of likely N-dealkylation sites (N-methyl/N-ethyl adjacent to an activating group) is 1. The molecule has 0 aromatic heterocycles. The van der Waals surface area contributed by atoms with Crippen LogP contribution in [0.5, 0.6) is 0 Å². The van der Waals surface area contributed by atoms with E-state index in [0.717, 1.165) is 12.2 Å². The lowest BCUT2D eigenvalue weighted by Crippen LogP contribution is -2.48. The first kappa shape index (κ1) is 16.7. The lowest BCUT2D eigenvalue weighted by molar-refractivity contribution is -0.148. The number of hydrogen-bond acceptors (Lipinski definition) is 6. The zero-order valence-electron chi connectivity index (χ0n) is 10.7. The standard InChI is InChI=1S/C11H23NO4S/c1-11(12-2,10(15)16-3)5-4-6-17-8-9(14)7-13/h9,12-14H,4-8H2,1-3H3. The van der Waals surface area contributed by atoms with E-state index in [1.54, 1.807) is 18.8 Å². The molecule has 0 aliphatic rings. The summed E-state index contributed by atoms with van der Waals surface area (Å²) >= 11 is 1.57. The number of hydrogen-bond donors (Lipinski definition) is 3. The third kappa shape index (κ3) is 6.26. The van der Waals surface area contributed by atoms with Crippen molar-refractivity contribution < 1.29 is 19.7 Å². The molecule has 0 spiro atoms. The number of ether oxygens (including phenoxy) is 1. The van der Waals surface area contributed by atoms with Crippen LogP contribution in [0, 0.1) is 0 Å². The van der Waals surface area contributed by atoms with Crippen LogP contribution in [0.25, 0.3) is 0 Å². The summed E-state index contributed by atoms with van der Waals surface area (Å²) in [6, 6.07) is 0. The number of carbonyl (C=O) groups excluding carboxylic acids is 1. The molecule has 0 aromatic rings. The molecule has 0 aliphatic carbocycles. The summed E-state index contributed by atoms with van der Waals surface area (Å²) in [5.74, 6) is 1.09. The maximum absolute atomic E-state index is 11.5. The van der Waals surface area contributed by atoms with Crippen molar-refractivity contribution in [1.82, 2.24) is 5.32 Å². The Balaban J connectivity index is 3.81. The van der Waals surface area contributed by atoms with Crippen LogP contribution in [0.3, 0.4) is 0 Å². The normalized spacial score (nSPS) is 16.3. The lowest BCUT2D eigenvalue weighted by Gasteiger charge is -2.25. The summed E-state index contributed by atoms with van der Waals surface area (Å²) in [6.07, 6.45) is 0.865. The number of aliphatic hydroxyl groups excluding tert-OH is 2. The first-order valence-corrected chi connectivity index (χ1v) is 6.79. The number of aliphatic hydroxyl groups is 2. The van der Waals surface area contributed by atoms with Gasteiger partial charge in [-0.3, -0.25) is 4.79 Å². The average molecular weight is 265 g/mol. The minimum Gasteiger partial charge on any atom is -0.468 e. The summed E-state index contributed by atoms with van der Waals surface area (Å²) in [5, 5.41) is 20.7. The molecule has 102 valence electrons. The number of carbonyl (C=O) groups is 1. The Bertz CT molecular complexity index is 228. The molecular formula is C11H23NO4S. The quantitative estimate of drug-likeness (QED) is 0.402. The molecule has 0 amide bonds. The van der Waals surface area contributed by atoms with Gasteiger partial charge in [-0.15, -0.1) is 0 Å². The maximum atomic E-state index is 11.5. The maximum Gasteiger partial charge on any atom is 0.325 e. The molecule has 0 heterocycles. The fourth-order valence-corrected chi connectivity index (χ4v) is 2.25. The van der Waals surface area contributed by atoms with E-state index in [-0.39, 0.29) is 12.6 Å². The van der Waals surface area contributed by atoms with Crippen molar-refractivity contribution in [3.05, 3.63) is 0 Å². The molecule has 0 fully saturated rings. The summed E-state index contributed by atoms with van der Waals surface area (Å²) in [6.45, 7) is 1.61. The Morgan fingerprint density at radius 3 is 2.71 bits per heavy atom. The number of thioether (sulfide) groups is 1. The Hall–Kier alpha value is -0.300. The highest BCUT2D eigenvalue weighted by Gasteiger charge is 2.31. The Morgan fingerprint density at radius 2 is 2.24 bits per heavy atom. The van der Waals surface area contributed by atoms with Gasteiger partial charge in [0.05, 0.1) is 19.8 Å². The van der Waals surface area contributed by atoms with Gasteiger partial charge in [-0.25, -0.2) is 0 Å². The molecule has 0 radical (unpaired) electrons. The van der Waals surface area contributed by atoms with Crippen LogP contribution in [0.15, 0.2) is 0 Å². The summed E-state index contributed by atoms with van der Waals surface area (Å²) in [4.78, 5) is 11.5. The fraction of sp³-hybridized carbons (Fsp3) is 0.909. The summed E-state index contributed by atoms with van der Waals surface area (Å²) in [5.41, 5.74) is -0.648. The number of methoxy groups -OCH3 is 1. The van der Waals surface area contributed by atoms with Gasteiger partial charge in [-0.2, -0.15) is 11.8 Å². The van der Waals surface area contributed by atoms with Gasteiger partial charge in [0.1, 0.15) is 5.54 Å². The van der Waals surface area contributed by atoms with Crippen LogP contribution in [0.4, 0.5) is 0 Å². The first-order valence-electron chi connectivity index (χ1n) is 5.64. The van der Waals surface area contributed by atoms with Gasteiger partial charge in [0.15, 0.2) is 0 Å². The molecular weight excluding hydrogens is 242 g/mol. The van der Waals surface area contributed by atoms with Crippen molar-refractivity contribution in [2.75, 3.05) is 32.3 Å². The third-order valence-electron chi connectivity index (χ3n) is 2.67. The van der Waals surface area contributed by atoms with Gasteiger partial charge in [-0.1, -0.05) is 0 Å². The number of rotatable bonds is 9. The summed E-state index contributed by atoms with van der Waals surface area (Å²) in [7, 11) is 3.11. The Labute approximate surface area is 107 Å². The molecule has 0 aliphatic heterocycles. The first-order chi connectivity index (χ1) is 8.00. The molecule has 6 heteroatoms. The smallest absolute Gasteiger partial charge is 0.325 e. The number of esters is 1. The minimum atomic E-state index is -0.656. The average Bonchev–Trinajstić information content (AvgIpc) is 2.36. The predicted octanol–water partition coefficient (Wildman–Crippen LogP) is 0.00410. The largest absolute Gasteiger partial charge is 0.468 e. The molecule has 0 saturated heterocycles. The van der Waals surface area contributed by atoms with Gasteiger partial charge in [-0.05, 0) is 32.6 Å². The van der Waals surface area contributed by atoms with Crippen molar-refractivity contribution >= 4 is 17.7 Å². The second-order valence-electron chi connectivity index (χ2n) is 4.09. The van der Waals surface area contributed by atoms with Gasteiger partial charge in [0, 0.05) is 5.75 Å². The molecule has 3 N–H and O–H groups in total. The van der Waals surface area contributed by atoms with Crippen LogP contribution in [0.1, 0.15) is 19.8 Å². The van der Waals surface area contributed by atoms with Crippen LogP contribution in [-0.4, -0.2) is 60.1 Å². The summed E-state index contributed by atoms with van der Waals surface area (Å²) < 4.78 is 4.74. The van der Waals surface area contributed by atoms with E-state index in [4.69, 9.17) is 14.9 Å². The van der Waals surface area contributed by atoms with Gasteiger partial charge in [0.25, 0.3) is 0 Å². The van der Waals surface area contributed by atoms with Gasteiger partial charge < -0.3 is 20.3 Å². The van der Waals surface area contributed by atoms with Crippen molar-refractivity contribution in [1.29, 1.82) is 0 Å². The van der Waals surface area contributed by atoms with E-state index in [0.29, 0.717) is 12.2 Å². The highest BCUT2D eigenvalue weighted by Crippen LogP contribution is 2.16. The van der Waals surface area contributed by atoms with E-state index < -0.39 is 11.6 Å². The van der Waals surface area contributed by atoms with Crippen LogP contribution in [0.2, 0.25) is 0 Å². The second-order valence-corrected chi connectivity index (χ2v) is 5.24. The highest BCUT2D eigenvalue weighted by molar-refractivity contribution is 7.99. The van der Waals surface area contributed by atoms with Crippen molar-refractivity contribution in [2.45, 2.75) is 31.4 Å². The minimum absolute atomic E-state index is 0.205. The SMILES string of the molecule is CNC(C)(CCCSCC(O)CO)C(=O)OC. The molecule has 2 atom stereocenters. The van der Waals surface area contributed by atoms with Gasteiger partial charge >= 0.3 is 5.97 Å². The number of nitrogens with one attached hydrogen (secondary N) is 1. The molecule has 0 bridgehead atoms. The van der Waals surface area contributed by atoms with Crippen molar-refractivity contribution in [2.24, 2.45) is 0 Å². The monoisotopic (exact) mass is 265 g/mol. The van der Waals surface area contributed by atoms with Crippen molar-refractivity contribution in [3.8, 4) is 0 Å². The zero-order chi connectivity index (χ0) is 13.3. The second kappa shape index (κ2) is 8.74. The zero-order valence-corrected chi connectivity index (χ0v) is 11.5. The fourth-order valence-electron chi connectivity index (χ4n) is 1.35. The highest BCUT2D eigenvalue weighted by atomic mass is 32.2. The molecule has 0 rings (SSSR count). The molecule has 0 aromatic carbocycles.